The number of anilines is 4. The Bertz CT molecular complexity index is 2160. The molecule has 0 saturated carbocycles. The molecule has 4 heteroatoms. The highest BCUT2D eigenvalue weighted by molar-refractivity contribution is 7.99. The van der Waals surface area contributed by atoms with Crippen LogP contribution >= 0.6 is 11.8 Å². The topological polar surface area (TPSA) is 53.0 Å². The maximum Gasteiger partial charge on any atom is 0.101 e. The number of nitriles is 1. The predicted octanol–water partition coefficient (Wildman–Crippen LogP) is 10.8. The number of aryl methyl sites for hydroxylation is 2. The van der Waals surface area contributed by atoms with Crippen molar-refractivity contribution < 1.29 is 0 Å². The minimum absolute atomic E-state index is 0.114. The van der Waals surface area contributed by atoms with E-state index in [0.29, 0.717) is 11.3 Å². The van der Waals surface area contributed by atoms with Gasteiger partial charge in [-0.15, -0.1) is 0 Å². The number of para-hydroxylation sites is 2. The van der Waals surface area contributed by atoms with Crippen molar-refractivity contribution in [2.45, 2.75) is 41.9 Å². The van der Waals surface area contributed by atoms with Gasteiger partial charge in [0, 0.05) is 20.9 Å². The molecule has 2 aliphatic heterocycles. The lowest BCUT2D eigenvalue weighted by atomic mass is 9.73. The number of hydrogen-bond acceptors (Lipinski definition) is 4. The highest BCUT2D eigenvalue weighted by atomic mass is 32.2. The van der Waals surface area contributed by atoms with Crippen LogP contribution in [0.2, 0.25) is 0 Å². The van der Waals surface area contributed by atoms with Gasteiger partial charge in [0.05, 0.1) is 22.6 Å². The SMILES string of the molecule is CC1(C)c2ccccc2N(c2ccc3c(c2)-c2ccccc2Sc2ccccc2-c2cc(N)c(C#N)cc2CC3)c2ccccc21. The first-order chi connectivity index (χ1) is 22.4. The summed E-state index contributed by atoms with van der Waals surface area (Å²) in [6.45, 7) is 4.65. The second-order valence-electron chi connectivity index (χ2n) is 12.6. The van der Waals surface area contributed by atoms with Gasteiger partial charge in [0.2, 0.25) is 0 Å². The van der Waals surface area contributed by atoms with Gasteiger partial charge in [0.25, 0.3) is 0 Å². The Morgan fingerprint density at radius 2 is 1.17 bits per heavy atom. The van der Waals surface area contributed by atoms with Gasteiger partial charge in [-0.05, 0) is 106 Å². The molecule has 46 heavy (non-hydrogen) atoms. The van der Waals surface area contributed by atoms with Gasteiger partial charge in [-0.25, -0.2) is 0 Å². The molecule has 3 nitrogen and oxygen atoms in total. The van der Waals surface area contributed by atoms with Crippen LogP contribution in [0.3, 0.4) is 0 Å². The summed E-state index contributed by atoms with van der Waals surface area (Å²) in [5, 5.41) is 9.85. The quantitative estimate of drug-likeness (QED) is 0.188. The van der Waals surface area contributed by atoms with Crippen LogP contribution in [-0.4, -0.2) is 0 Å². The van der Waals surface area contributed by atoms with Gasteiger partial charge < -0.3 is 10.6 Å². The zero-order valence-corrected chi connectivity index (χ0v) is 26.7. The number of nitrogen functional groups attached to an aromatic ring is 1. The van der Waals surface area contributed by atoms with Crippen molar-refractivity contribution in [2.24, 2.45) is 0 Å². The Labute approximate surface area is 275 Å². The molecule has 2 N–H and O–H groups in total. The third-order valence-corrected chi connectivity index (χ3v) is 10.8. The third kappa shape index (κ3) is 4.50. The zero-order chi connectivity index (χ0) is 31.4. The first-order valence-electron chi connectivity index (χ1n) is 15.8. The lowest BCUT2D eigenvalue weighted by Crippen LogP contribution is -2.30. The molecule has 0 radical (unpaired) electrons. The van der Waals surface area contributed by atoms with Crippen molar-refractivity contribution in [3.05, 3.63) is 155 Å². The van der Waals surface area contributed by atoms with Crippen LogP contribution in [0.1, 0.15) is 41.7 Å². The summed E-state index contributed by atoms with van der Waals surface area (Å²) in [5.41, 5.74) is 20.7. The third-order valence-electron chi connectivity index (χ3n) is 9.62. The molecule has 0 spiro atoms. The van der Waals surface area contributed by atoms with Crippen LogP contribution in [-0.2, 0) is 18.3 Å². The molecule has 0 atom stereocenters. The van der Waals surface area contributed by atoms with Crippen molar-refractivity contribution in [2.75, 3.05) is 10.6 Å². The highest BCUT2D eigenvalue weighted by Gasteiger charge is 2.36. The minimum Gasteiger partial charge on any atom is -0.398 e. The Morgan fingerprint density at radius 3 is 1.80 bits per heavy atom. The lowest BCUT2D eigenvalue weighted by Gasteiger charge is -2.42. The molecule has 0 unspecified atom stereocenters. The van der Waals surface area contributed by atoms with Gasteiger partial charge in [-0.2, -0.15) is 5.26 Å². The van der Waals surface area contributed by atoms with Crippen molar-refractivity contribution >= 4 is 34.5 Å². The molecular weight excluding hydrogens is 579 g/mol. The van der Waals surface area contributed by atoms with Gasteiger partial charge in [0.1, 0.15) is 6.07 Å². The van der Waals surface area contributed by atoms with E-state index in [9.17, 15) is 5.26 Å². The summed E-state index contributed by atoms with van der Waals surface area (Å²) in [6, 6.07) is 48.2. The minimum atomic E-state index is -0.114. The maximum atomic E-state index is 9.85. The molecule has 0 fully saturated rings. The second kappa shape index (κ2) is 11.0. The van der Waals surface area contributed by atoms with E-state index in [0.717, 1.165) is 35.2 Å². The van der Waals surface area contributed by atoms with Gasteiger partial charge in [-0.3, -0.25) is 0 Å². The molecule has 2 heterocycles. The van der Waals surface area contributed by atoms with Crippen LogP contribution < -0.4 is 10.6 Å². The van der Waals surface area contributed by atoms with Crippen molar-refractivity contribution in [3.8, 4) is 28.3 Å². The number of nitrogens with two attached hydrogens (primary N) is 1. The molecule has 0 bridgehead atoms. The van der Waals surface area contributed by atoms with E-state index < -0.39 is 0 Å². The van der Waals surface area contributed by atoms with E-state index in [2.05, 4.69) is 140 Å². The first-order valence-corrected chi connectivity index (χ1v) is 16.6. The molecule has 0 aromatic heterocycles. The molecule has 0 amide bonds. The number of benzene rings is 6. The summed E-state index contributed by atoms with van der Waals surface area (Å²) in [6.07, 6.45) is 1.63. The summed E-state index contributed by atoms with van der Waals surface area (Å²) in [4.78, 5) is 4.81. The van der Waals surface area contributed by atoms with Crippen molar-refractivity contribution in [3.63, 3.8) is 0 Å². The predicted molar refractivity (Wildman–Crippen MR) is 191 cm³/mol. The van der Waals surface area contributed by atoms with Gasteiger partial charge >= 0.3 is 0 Å². The maximum absolute atomic E-state index is 9.85. The fraction of sp³-hybridized carbons (Fsp3) is 0.119. The van der Waals surface area contributed by atoms with Gasteiger partial charge in [0.15, 0.2) is 0 Å². The van der Waals surface area contributed by atoms with E-state index in [-0.39, 0.29) is 5.41 Å². The molecule has 6 aromatic carbocycles. The van der Waals surface area contributed by atoms with E-state index in [4.69, 9.17) is 5.73 Å². The van der Waals surface area contributed by atoms with E-state index in [1.165, 1.54) is 49.0 Å². The first kappa shape index (κ1) is 28.2. The molecule has 2 aliphatic rings. The zero-order valence-electron chi connectivity index (χ0n) is 25.9. The molecule has 6 aromatic rings. The van der Waals surface area contributed by atoms with Crippen LogP contribution in [0.15, 0.2) is 137 Å². The number of fused-ring (bicyclic) bond motifs is 8. The molecule has 8 rings (SSSR count). The van der Waals surface area contributed by atoms with E-state index in [1.54, 1.807) is 11.8 Å². The molecule has 0 saturated heterocycles. The average molecular weight is 612 g/mol. The Balaban J connectivity index is 1.35. The van der Waals surface area contributed by atoms with Crippen molar-refractivity contribution in [1.29, 1.82) is 5.26 Å². The van der Waals surface area contributed by atoms with Crippen LogP contribution in [0.5, 0.6) is 0 Å². The molecule has 222 valence electrons. The summed E-state index contributed by atoms with van der Waals surface area (Å²) < 4.78 is 0. The Hall–Kier alpha value is -5.24. The molecule has 0 aliphatic carbocycles. The Kier molecular flexibility index (Phi) is 6.74. The standard InChI is InChI=1S/C42H33N3S/c1-42(2)35-13-5-7-15-38(35)45(39-16-8-6-14-36(39)42)30-22-21-27-19-20-28-23-29(26-43)37(44)25-34(28)32-12-4-10-18-41(32)46-40-17-9-3-11-31(40)33(27)24-30/h3-18,21-25H,19-20,44H2,1-2H3. The van der Waals surface area contributed by atoms with Crippen LogP contribution in [0, 0.1) is 11.3 Å². The summed E-state index contributed by atoms with van der Waals surface area (Å²) >= 11 is 1.79. The van der Waals surface area contributed by atoms with Crippen LogP contribution in [0.4, 0.5) is 22.7 Å². The fourth-order valence-electron chi connectivity index (χ4n) is 7.28. The normalized spacial score (nSPS) is 14.2. The Morgan fingerprint density at radius 1 is 0.630 bits per heavy atom. The second-order valence-corrected chi connectivity index (χ2v) is 13.7. The van der Waals surface area contributed by atoms with E-state index >= 15 is 0 Å². The number of nitrogens with zero attached hydrogens (tertiary/aromatic N) is 2. The van der Waals surface area contributed by atoms with Gasteiger partial charge in [-0.1, -0.05) is 104 Å². The van der Waals surface area contributed by atoms with E-state index in [1.807, 2.05) is 12.1 Å². The summed E-state index contributed by atoms with van der Waals surface area (Å²) in [5.74, 6) is 0. The monoisotopic (exact) mass is 611 g/mol. The number of hydrogen-bond donors (Lipinski definition) is 1. The highest BCUT2D eigenvalue weighted by Crippen LogP contribution is 2.52. The smallest absolute Gasteiger partial charge is 0.101 e. The fourth-order valence-corrected chi connectivity index (χ4v) is 8.39. The molecular formula is C42H33N3S. The lowest BCUT2D eigenvalue weighted by molar-refractivity contribution is 0.632. The largest absolute Gasteiger partial charge is 0.398 e. The summed E-state index contributed by atoms with van der Waals surface area (Å²) in [7, 11) is 0. The van der Waals surface area contributed by atoms with Crippen LogP contribution in [0.25, 0.3) is 22.3 Å². The van der Waals surface area contributed by atoms with Crippen molar-refractivity contribution in [1.82, 2.24) is 0 Å². The average Bonchev–Trinajstić information content (AvgIpc) is 3.10. The number of rotatable bonds is 1.